The Balaban J connectivity index is 2.50. The summed E-state index contributed by atoms with van der Waals surface area (Å²) in [7, 11) is 0. The van der Waals surface area contributed by atoms with Crippen LogP contribution in [0.1, 0.15) is 18.9 Å². The lowest BCUT2D eigenvalue weighted by Gasteiger charge is -2.15. The van der Waals surface area contributed by atoms with Gasteiger partial charge in [-0.25, -0.2) is 0 Å². The van der Waals surface area contributed by atoms with Crippen LogP contribution in [0.25, 0.3) is 0 Å². The quantitative estimate of drug-likeness (QED) is 0.514. The van der Waals surface area contributed by atoms with Gasteiger partial charge < -0.3 is 25.4 Å². The highest BCUT2D eigenvalue weighted by molar-refractivity contribution is 5.82. The van der Waals surface area contributed by atoms with E-state index < -0.39 is 11.9 Å². The topological polar surface area (TPSA) is 116 Å². The average Bonchev–Trinajstić information content (AvgIpc) is 2.47. The molecule has 122 valence electrons. The van der Waals surface area contributed by atoms with Crippen LogP contribution in [0.15, 0.2) is 18.2 Å². The van der Waals surface area contributed by atoms with Gasteiger partial charge in [0.25, 0.3) is 0 Å². The Morgan fingerprint density at radius 3 is 2.64 bits per heavy atom. The minimum atomic E-state index is -0.521. The molecule has 0 fully saturated rings. The second kappa shape index (κ2) is 8.89. The molecule has 1 amide bonds. The smallest absolute Gasteiger partial charge is 0.325 e. The summed E-state index contributed by atoms with van der Waals surface area (Å²) in [6.07, 6.45) is 0.283. The second-order valence-electron chi connectivity index (χ2n) is 4.85. The first-order chi connectivity index (χ1) is 10.5. The number of ether oxygens (including phenoxy) is 1. The van der Waals surface area contributed by atoms with Crippen LogP contribution in [0.4, 0.5) is 0 Å². The van der Waals surface area contributed by atoms with Gasteiger partial charge in [-0.3, -0.25) is 9.59 Å². The molecule has 0 spiro atoms. The summed E-state index contributed by atoms with van der Waals surface area (Å²) in [5.41, 5.74) is 0.523. The average molecular weight is 311 g/mol. The summed E-state index contributed by atoms with van der Waals surface area (Å²) < 4.78 is 4.69. The van der Waals surface area contributed by atoms with Crippen molar-refractivity contribution in [3.05, 3.63) is 23.8 Å². The molecule has 0 radical (unpaired) electrons. The second-order valence-corrected chi connectivity index (χ2v) is 4.85. The molecule has 4 N–H and O–H groups in total. The number of nitrogens with one attached hydrogen (secondary N) is 1. The van der Waals surface area contributed by atoms with Gasteiger partial charge in [0.05, 0.1) is 6.61 Å². The SMILES string of the molecule is CCOC(=O)CNC(=O)CC(CO)Cc1ccc(O)cc1O. The Hall–Kier alpha value is -2.28. The van der Waals surface area contributed by atoms with E-state index in [9.17, 15) is 24.9 Å². The van der Waals surface area contributed by atoms with E-state index in [0.717, 1.165) is 0 Å². The van der Waals surface area contributed by atoms with Crippen LogP contribution in [-0.4, -0.2) is 47.0 Å². The Morgan fingerprint density at radius 2 is 2.05 bits per heavy atom. The molecular weight excluding hydrogens is 290 g/mol. The van der Waals surface area contributed by atoms with Gasteiger partial charge in [-0.05, 0) is 30.9 Å². The number of amides is 1. The van der Waals surface area contributed by atoms with Crippen molar-refractivity contribution in [3.63, 3.8) is 0 Å². The van der Waals surface area contributed by atoms with Crippen molar-refractivity contribution in [2.45, 2.75) is 19.8 Å². The van der Waals surface area contributed by atoms with Crippen LogP contribution in [0, 0.1) is 5.92 Å². The molecular formula is C15H21NO6. The lowest BCUT2D eigenvalue weighted by molar-refractivity contribution is -0.143. The Morgan fingerprint density at radius 1 is 1.32 bits per heavy atom. The van der Waals surface area contributed by atoms with Crippen molar-refractivity contribution in [1.82, 2.24) is 5.32 Å². The van der Waals surface area contributed by atoms with Gasteiger partial charge in [-0.2, -0.15) is 0 Å². The van der Waals surface area contributed by atoms with Crippen molar-refractivity contribution in [2.75, 3.05) is 19.8 Å². The van der Waals surface area contributed by atoms with E-state index in [0.29, 0.717) is 5.56 Å². The maximum atomic E-state index is 11.7. The third kappa shape index (κ3) is 6.01. The van der Waals surface area contributed by atoms with Crippen LogP contribution in [0.5, 0.6) is 11.5 Å². The molecule has 1 aromatic rings. The molecule has 1 unspecified atom stereocenters. The van der Waals surface area contributed by atoms with Gasteiger partial charge in [-0.1, -0.05) is 6.07 Å². The van der Waals surface area contributed by atoms with Crippen molar-refractivity contribution in [2.24, 2.45) is 5.92 Å². The molecule has 1 rings (SSSR count). The zero-order chi connectivity index (χ0) is 16.5. The highest BCUT2D eigenvalue weighted by Gasteiger charge is 2.16. The maximum Gasteiger partial charge on any atom is 0.325 e. The van der Waals surface area contributed by atoms with Crippen molar-refractivity contribution >= 4 is 11.9 Å². The molecule has 7 nitrogen and oxygen atoms in total. The number of aliphatic hydroxyl groups is 1. The van der Waals surface area contributed by atoms with E-state index in [-0.39, 0.29) is 50.0 Å². The molecule has 7 heteroatoms. The largest absolute Gasteiger partial charge is 0.508 e. The highest BCUT2D eigenvalue weighted by Crippen LogP contribution is 2.25. The number of aromatic hydroxyl groups is 2. The molecule has 0 saturated carbocycles. The van der Waals surface area contributed by atoms with Crippen LogP contribution in [-0.2, 0) is 20.7 Å². The van der Waals surface area contributed by atoms with Gasteiger partial charge in [-0.15, -0.1) is 0 Å². The molecule has 1 atom stereocenters. The number of hydrogen-bond acceptors (Lipinski definition) is 6. The monoisotopic (exact) mass is 311 g/mol. The zero-order valence-electron chi connectivity index (χ0n) is 12.4. The standard InChI is InChI=1S/C15H21NO6/c1-2-22-15(21)8-16-14(20)6-10(9-17)5-11-3-4-12(18)7-13(11)19/h3-4,7,10,17-19H,2,5-6,8-9H2,1H3,(H,16,20). The van der Waals surface area contributed by atoms with Crippen LogP contribution < -0.4 is 5.32 Å². The summed E-state index contributed by atoms with van der Waals surface area (Å²) in [5.74, 6) is -1.46. The molecule has 0 bridgehead atoms. The van der Waals surface area contributed by atoms with Crippen molar-refractivity contribution in [1.29, 1.82) is 0 Å². The number of aliphatic hydroxyl groups excluding tert-OH is 1. The van der Waals surface area contributed by atoms with Crippen LogP contribution in [0.3, 0.4) is 0 Å². The molecule has 0 heterocycles. The lowest BCUT2D eigenvalue weighted by Crippen LogP contribution is -2.32. The van der Waals surface area contributed by atoms with Gasteiger partial charge in [0.1, 0.15) is 18.0 Å². The summed E-state index contributed by atoms with van der Waals surface area (Å²) in [6, 6.07) is 4.15. The summed E-state index contributed by atoms with van der Waals surface area (Å²) >= 11 is 0. The number of carbonyl (C=O) groups is 2. The third-order valence-electron chi connectivity index (χ3n) is 3.04. The highest BCUT2D eigenvalue weighted by atomic mass is 16.5. The zero-order valence-corrected chi connectivity index (χ0v) is 12.4. The number of phenols is 2. The first-order valence-corrected chi connectivity index (χ1v) is 7.00. The van der Waals surface area contributed by atoms with E-state index in [1.165, 1.54) is 18.2 Å². The predicted molar refractivity (Wildman–Crippen MR) is 78.3 cm³/mol. The van der Waals surface area contributed by atoms with Crippen molar-refractivity contribution in [3.8, 4) is 11.5 Å². The van der Waals surface area contributed by atoms with Crippen molar-refractivity contribution < 1.29 is 29.6 Å². The summed E-state index contributed by atoms with van der Waals surface area (Å²) in [5, 5.41) is 30.7. The minimum Gasteiger partial charge on any atom is -0.508 e. The van der Waals surface area contributed by atoms with Gasteiger partial charge in [0.2, 0.25) is 5.91 Å². The van der Waals surface area contributed by atoms with Crippen LogP contribution in [0.2, 0.25) is 0 Å². The lowest BCUT2D eigenvalue weighted by atomic mass is 9.96. The summed E-state index contributed by atoms with van der Waals surface area (Å²) in [6.45, 7) is 1.46. The molecule has 1 aromatic carbocycles. The van der Waals surface area contributed by atoms with E-state index in [1.807, 2.05) is 0 Å². The third-order valence-corrected chi connectivity index (χ3v) is 3.04. The molecule has 0 aliphatic rings. The van der Waals surface area contributed by atoms with E-state index in [4.69, 9.17) is 0 Å². The molecule has 0 aliphatic heterocycles. The number of phenolic OH excluding ortho intramolecular Hbond substituents is 2. The van der Waals surface area contributed by atoms with Crippen LogP contribution >= 0.6 is 0 Å². The number of rotatable bonds is 8. The Kier molecular flexibility index (Phi) is 7.18. The number of esters is 1. The number of hydrogen-bond donors (Lipinski definition) is 4. The van der Waals surface area contributed by atoms with E-state index >= 15 is 0 Å². The minimum absolute atomic E-state index is 0.0101. The number of benzene rings is 1. The fourth-order valence-electron chi connectivity index (χ4n) is 1.95. The Labute approximate surface area is 128 Å². The number of carbonyl (C=O) groups excluding carboxylic acids is 2. The van der Waals surface area contributed by atoms with Gasteiger partial charge in [0, 0.05) is 19.1 Å². The van der Waals surface area contributed by atoms with E-state index in [1.54, 1.807) is 6.92 Å². The first-order valence-electron chi connectivity index (χ1n) is 7.00. The van der Waals surface area contributed by atoms with Gasteiger partial charge >= 0.3 is 5.97 Å². The Bertz CT molecular complexity index is 517. The fraction of sp³-hybridized carbons (Fsp3) is 0.467. The maximum absolute atomic E-state index is 11.7. The molecule has 22 heavy (non-hydrogen) atoms. The fourth-order valence-corrected chi connectivity index (χ4v) is 1.95. The molecule has 0 aromatic heterocycles. The van der Waals surface area contributed by atoms with Gasteiger partial charge in [0.15, 0.2) is 0 Å². The van der Waals surface area contributed by atoms with E-state index in [2.05, 4.69) is 10.1 Å². The summed E-state index contributed by atoms with van der Waals surface area (Å²) in [4.78, 5) is 22.8. The first kappa shape index (κ1) is 17.8. The molecule has 0 saturated heterocycles. The normalized spacial score (nSPS) is 11.7. The predicted octanol–water partition coefficient (Wildman–Crippen LogP) is 0.318. The molecule has 0 aliphatic carbocycles.